The smallest absolute Gasteiger partial charge is 0.141 e. The SMILES string of the molecule is Fc1ccc(-c2cccc3[c]cn(Cc4ccccc4)c23)cc1Cl. The molecule has 3 heteroatoms. The van der Waals surface area contributed by atoms with E-state index in [0.717, 1.165) is 28.6 Å². The van der Waals surface area contributed by atoms with E-state index < -0.39 is 5.82 Å². The lowest BCUT2D eigenvalue weighted by atomic mass is 10.0. The third-order valence-electron chi connectivity index (χ3n) is 4.13. The Morgan fingerprint density at radius 3 is 2.58 bits per heavy atom. The van der Waals surface area contributed by atoms with Gasteiger partial charge in [0.25, 0.3) is 0 Å². The fourth-order valence-electron chi connectivity index (χ4n) is 2.98. The number of nitrogens with zero attached hydrogens (tertiary/aromatic N) is 1. The molecule has 0 aliphatic carbocycles. The number of fused-ring (bicyclic) bond motifs is 1. The summed E-state index contributed by atoms with van der Waals surface area (Å²) in [5.74, 6) is -0.404. The van der Waals surface area contributed by atoms with E-state index in [2.05, 4.69) is 22.8 Å². The summed E-state index contributed by atoms with van der Waals surface area (Å²) in [6.45, 7) is 0.757. The quantitative estimate of drug-likeness (QED) is 0.436. The molecule has 0 fully saturated rings. The lowest BCUT2D eigenvalue weighted by Gasteiger charge is -2.11. The molecule has 24 heavy (non-hydrogen) atoms. The predicted octanol–water partition coefficient (Wildman–Crippen LogP) is 5.95. The van der Waals surface area contributed by atoms with Crippen LogP contribution in [0.1, 0.15) is 5.56 Å². The van der Waals surface area contributed by atoms with Crippen molar-refractivity contribution in [1.29, 1.82) is 0 Å². The second kappa shape index (κ2) is 6.14. The number of benzene rings is 3. The van der Waals surface area contributed by atoms with Crippen molar-refractivity contribution in [2.24, 2.45) is 0 Å². The number of aromatic nitrogens is 1. The van der Waals surface area contributed by atoms with Crippen molar-refractivity contribution >= 4 is 22.5 Å². The van der Waals surface area contributed by atoms with E-state index >= 15 is 0 Å². The Morgan fingerprint density at radius 2 is 1.79 bits per heavy atom. The summed E-state index contributed by atoms with van der Waals surface area (Å²) < 4.78 is 15.7. The Morgan fingerprint density at radius 1 is 0.958 bits per heavy atom. The monoisotopic (exact) mass is 334 g/mol. The minimum atomic E-state index is -0.404. The molecule has 0 aliphatic heterocycles. The maximum Gasteiger partial charge on any atom is 0.141 e. The lowest BCUT2D eigenvalue weighted by Crippen LogP contribution is -1.98. The van der Waals surface area contributed by atoms with E-state index in [0.29, 0.717) is 0 Å². The average Bonchev–Trinajstić information content (AvgIpc) is 3.01. The zero-order valence-corrected chi connectivity index (χ0v) is 13.6. The number of hydrogen-bond acceptors (Lipinski definition) is 0. The molecule has 1 aromatic heterocycles. The van der Waals surface area contributed by atoms with Crippen LogP contribution in [-0.2, 0) is 6.54 Å². The van der Waals surface area contributed by atoms with Crippen molar-refractivity contribution in [2.75, 3.05) is 0 Å². The highest BCUT2D eigenvalue weighted by molar-refractivity contribution is 6.31. The molecule has 1 radical (unpaired) electrons. The summed E-state index contributed by atoms with van der Waals surface area (Å²) in [5, 5.41) is 1.17. The molecule has 0 unspecified atom stereocenters. The van der Waals surface area contributed by atoms with Crippen LogP contribution in [0.2, 0.25) is 5.02 Å². The van der Waals surface area contributed by atoms with Crippen molar-refractivity contribution in [3.05, 3.63) is 95.4 Å². The van der Waals surface area contributed by atoms with Gasteiger partial charge in [0.15, 0.2) is 0 Å². The second-order valence-electron chi connectivity index (χ2n) is 5.72. The molecule has 4 rings (SSSR count). The molecule has 0 aliphatic rings. The standard InChI is InChI=1S/C21H14ClFN/c22-19-13-17(9-10-20(19)23)18-8-4-7-16-11-12-24(21(16)18)14-15-5-2-1-3-6-15/h1-10,12-13H,14H2. The van der Waals surface area contributed by atoms with Gasteiger partial charge in [-0.05, 0) is 23.3 Å². The highest BCUT2D eigenvalue weighted by atomic mass is 35.5. The van der Waals surface area contributed by atoms with E-state index in [1.807, 2.05) is 42.6 Å². The van der Waals surface area contributed by atoms with Crippen LogP contribution in [0, 0.1) is 11.9 Å². The number of halogens is 2. The topological polar surface area (TPSA) is 4.93 Å². The van der Waals surface area contributed by atoms with Gasteiger partial charge in [0.2, 0.25) is 0 Å². The van der Waals surface area contributed by atoms with Crippen molar-refractivity contribution in [2.45, 2.75) is 6.54 Å². The van der Waals surface area contributed by atoms with Crippen LogP contribution in [0.4, 0.5) is 4.39 Å². The Kier molecular flexibility index (Phi) is 3.83. The minimum absolute atomic E-state index is 0.134. The van der Waals surface area contributed by atoms with Gasteiger partial charge in [-0.3, -0.25) is 0 Å². The molecule has 0 N–H and O–H groups in total. The molecular formula is C21H14ClFN. The Bertz CT molecular complexity index is 1000. The second-order valence-corrected chi connectivity index (χ2v) is 6.12. The fraction of sp³-hybridized carbons (Fsp3) is 0.0476. The number of para-hydroxylation sites is 1. The van der Waals surface area contributed by atoms with E-state index in [-0.39, 0.29) is 5.02 Å². The first-order valence-corrected chi connectivity index (χ1v) is 8.09. The molecule has 4 aromatic rings. The third kappa shape index (κ3) is 2.70. The van der Waals surface area contributed by atoms with Crippen molar-refractivity contribution in [3.8, 4) is 11.1 Å². The summed E-state index contributed by atoms with van der Waals surface area (Å²) in [4.78, 5) is 0. The number of hydrogen-bond donors (Lipinski definition) is 0. The predicted molar refractivity (Wildman–Crippen MR) is 96.7 cm³/mol. The Balaban J connectivity index is 1.87. The van der Waals surface area contributed by atoms with Crippen LogP contribution in [0.3, 0.4) is 0 Å². The molecular weight excluding hydrogens is 321 g/mol. The van der Waals surface area contributed by atoms with Gasteiger partial charge in [0.1, 0.15) is 5.82 Å². The lowest BCUT2D eigenvalue weighted by molar-refractivity contribution is 0.628. The molecule has 1 nitrogen and oxygen atoms in total. The van der Waals surface area contributed by atoms with Gasteiger partial charge in [-0.25, -0.2) is 4.39 Å². The van der Waals surface area contributed by atoms with Crippen LogP contribution in [0.15, 0.2) is 72.9 Å². The summed E-state index contributed by atoms with van der Waals surface area (Å²) in [7, 11) is 0. The average molecular weight is 335 g/mol. The maximum absolute atomic E-state index is 13.5. The van der Waals surface area contributed by atoms with Crippen LogP contribution in [0.25, 0.3) is 22.0 Å². The molecule has 0 spiro atoms. The number of rotatable bonds is 3. The summed E-state index contributed by atoms with van der Waals surface area (Å²) in [6, 6.07) is 24.5. The van der Waals surface area contributed by atoms with E-state index in [1.54, 1.807) is 12.1 Å². The van der Waals surface area contributed by atoms with E-state index in [9.17, 15) is 4.39 Å². The van der Waals surface area contributed by atoms with Gasteiger partial charge in [-0.15, -0.1) is 0 Å². The van der Waals surface area contributed by atoms with Crippen LogP contribution in [-0.4, -0.2) is 4.57 Å². The molecule has 0 amide bonds. The van der Waals surface area contributed by atoms with Crippen molar-refractivity contribution in [1.82, 2.24) is 4.57 Å². The van der Waals surface area contributed by atoms with Crippen LogP contribution >= 0.6 is 11.6 Å². The zero-order valence-electron chi connectivity index (χ0n) is 12.8. The molecule has 0 saturated heterocycles. The third-order valence-corrected chi connectivity index (χ3v) is 4.42. The first-order chi connectivity index (χ1) is 11.7. The minimum Gasteiger partial charge on any atom is -0.342 e. The molecule has 3 aromatic carbocycles. The van der Waals surface area contributed by atoms with Gasteiger partial charge >= 0.3 is 0 Å². The van der Waals surface area contributed by atoms with E-state index in [1.165, 1.54) is 11.6 Å². The van der Waals surface area contributed by atoms with Gasteiger partial charge in [-0.2, -0.15) is 0 Å². The van der Waals surface area contributed by atoms with Gasteiger partial charge < -0.3 is 4.57 Å². The Labute approximate surface area is 144 Å². The molecule has 1 heterocycles. The summed E-state index contributed by atoms with van der Waals surface area (Å²) in [6.07, 6.45) is 1.96. The molecule has 0 bridgehead atoms. The van der Waals surface area contributed by atoms with Crippen molar-refractivity contribution in [3.63, 3.8) is 0 Å². The molecule has 117 valence electrons. The largest absolute Gasteiger partial charge is 0.342 e. The van der Waals surface area contributed by atoms with Gasteiger partial charge in [0, 0.05) is 29.8 Å². The fourth-order valence-corrected chi connectivity index (χ4v) is 3.16. The highest BCUT2D eigenvalue weighted by Crippen LogP contribution is 2.32. The first-order valence-electron chi connectivity index (χ1n) is 7.71. The summed E-state index contributed by atoms with van der Waals surface area (Å²) >= 11 is 5.97. The normalized spacial score (nSPS) is 11.1. The van der Waals surface area contributed by atoms with Crippen LogP contribution in [0.5, 0.6) is 0 Å². The highest BCUT2D eigenvalue weighted by Gasteiger charge is 2.11. The van der Waals surface area contributed by atoms with Gasteiger partial charge in [-0.1, -0.05) is 66.2 Å². The van der Waals surface area contributed by atoms with E-state index in [4.69, 9.17) is 11.6 Å². The molecule has 0 saturated carbocycles. The maximum atomic E-state index is 13.5. The van der Waals surface area contributed by atoms with Gasteiger partial charge in [0.05, 0.1) is 10.5 Å². The summed E-state index contributed by atoms with van der Waals surface area (Å²) in [5.41, 5.74) is 4.21. The van der Waals surface area contributed by atoms with Crippen molar-refractivity contribution < 1.29 is 4.39 Å². The Hall–Kier alpha value is -2.58. The van der Waals surface area contributed by atoms with Crippen LogP contribution < -0.4 is 0 Å². The zero-order chi connectivity index (χ0) is 16.5. The first kappa shape index (κ1) is 15.0. The molecule has 0 atom stereocenters.